The fraction of sp³-hybridized carbons (Fsp3) is 0.364. The monoisotopic (exact) mass is 208 g/mol. The third kappa shape index (κ3) is 5.02. The molecule has 0 saturated heterocycles. The van der Waals surface area contributed by atoms with Gasteiger partial charge in [0.15, 0.2) is 0 Å². The van der Waals surface area contributed by atoms with E-state index in [0.29, 0.717) is 13.0 Å². The standard InChI is InChI=1S/C11H16N2O2/c1-9(14)7-8-12-11(15)13-10-5-3-2-4-6-10/h2-6,9,14H,7-8H2,1H3,(H2,12,13,15). The first-order chi connectivity index (χ1) is 7.18. The van der Waals surface area contributed by atoms with E-state index < -0.39 is 0 Å². The minimum atomic E-state index is -0.387. The molecule has 15 heavy (non-hydrogen) atoms. The lowest BCUT2D eigenvalue weighted by molar-refractivity contribution is 0.184. The Hall–Kier alpha value is -1.55. The zero-order chi connectivity index (χ0) is 11.1. The van der Waals surface area contributed by atoms with Crippen LogP contribution in [0.2, 0.25) is 0 Å². The number of para-hydroxylation sites is 1. The van der Waals surface area contributed by atoms with Crippen LogP contribution in [-0.2, 0) is 0 Å². The zero-order valence-electron chi connectivity index (χ0n) is 8.73. The summed E-state index contributed by atoms with van der Waals surface area (Å²) in [7, 11) is 0. The molecular formula is C11H16N2O2. The van der Waals surface area contributed by atoms with Gasteiger partial charge in [-0.25, -0.2) is 4.79 Å². The number of nitrogens with one attached hydrogen (secondary N) is 2. The maximum atomic E-state index is 11.3. The molecule has 0 spiro atoms. The lowest BCUT2D eigenvalue weighted by Gasteiger charge is -2.08. The number of carbonyl (C=O) groups excluding carboxylic acids is 1. The van der Waals surface area contributed by atoms with Crippen molar-refractivity contribution in [1.82, 2.24) is 5.32 Å². The van der Waals surface area contributed by atoms with Crippen molar-refractivity contribution in [3.63, 3.8) is 0 Å². The molecule has 4 heteroatoms. The van der Waals surface area contributed by atoms with Crippen molar-refractivity contribution in [1.29, 1.82) is 0 Å². The molecule has 0 aliphatic rings. The summed E-state index contributed by atoms with van der Waals surface area (Å²) in [4.78, 5) is 11.3. The summed E-state index contributed by atoms with van der Waals surface area (Å²) in [5.74, 6) is 0. The van der Waals surface area contributed by atoms with Crippen molar-refractivity contribution in [3.8, 4) is 0 Å². The Morgan fingerprint density at radius 2 is 2.07 bits per heavy atom. The quantitative estimate of drug-likeness (QED) is 0.703. The Morgan fingerprint density at radius 3 is 2.67 bits per heavy atom. The summed E-state index contributed by atoms with van der Waals surface area (Å²) in [6.45, 7) is 2.16. The summed E-state index contributed by atoms with van der Waals surface area (Å²) in [5, 5.41) is 14.3. The Morgan fingerprint density at radius 1 is 1.40 bits per heavy atom. The fourth-order valence-corrected chi connectivity index (χ4v) is 1.09. The largest absolute Gasteiger partial charge is 0.393 e. The van der Waals surface area contributed by atoms with Crippen LogP contribution in [0.25, 0.3) is 0 Å². The first-order valence-electron chi connectivity index (χ1n) is 4.96. The molecule has 1 aromatic carbocycles. The van der Waals surface area contributed by atoms with Gasteiger partial charge in [-0.05, 0) is 25.5 Å². The van der Waals surface area contributed by atoms with Crippen molar-refractivity contribution in [3.05, 3.63) is 30.3 Å². The van der Waals surface area contributed by atoms with Gasteiger partial charge in [-0.15, -0.1) is 0 Å². The number of carbonyl (C=O) groups is 1. The van der Waals surface area contributed by atoms with Crippen molar-refractivity contribution in [2.24, 2.45) is 0 Å². The predicted molar refractivity (Wildman–Crippen MR) is 59.8 cm³/mol. The van der Waals surface area contributed by atoms with Gasteiger partial charge in [0.05, 0.1) is 6.10 Å². The molecule has 4 nitrogen and oxygen atoms in total. The average molecular weight is 208 g/mol. The highest BCUT2D eigenvalue weighted by molar-refractivity contribution is 5.89. The van der Waals surface area contributed by atoms with Crippen LogP contribution < -0.4 is 10.6 Å². The number of aliphatic hydroxyl groups is 1. The molecule has 1 unspecified atom stereocenters. The third-order valence-corrected chi connectivity index (χ3v) is 1.88. The number of benzene rings is 1. The van der Waals surface area contributed by atoms with E-state index in [-0.39, 0.29) is 12.1 Å². The van der Waals surface area contributed by atoms with Gasteiger partial charge in [0, 0.05) is 12.2 Å². The van der Waals surface area contributed by atoms with Crippen molar-refractivity contribution in [2.75, 3.05) is 11.9 Å². The van der Waals surface area contributed by atoms with E-state index in [2.05, 4.69) is 10.6 Å². The van der Waals surface area contributed by atoms with Crippen LogP contribution in [0.3, 0.4) is 0 Å². The van der Waals surface area contributed by atoms with Gasteiger partial charge >= 0.3 is 6.03 Å². The summed E-state index contributed by atoms with van der Waals surface area (Å²) in [6, 6.07) is 8.97. The molecule has 3 N–H and O–H groups in total. The summed E-state index contributed by atoms with van der Waals surface area (Å²) in [6.07, 6.45) is 0.171. The minimum absolute atomic E-state index is 0.248. The zero-order valence-corrected chi connectivity index (χ0v) is 8.73. The number of aliphatic hydroxyl groups excluding tert-OH is 1. The van der Waals surface area contributed by atoms with Crippen LogP contribution in [-0.4, -0.2) is 23.8 Å². The molecule has 82 valence electrons. The van der Waals surface area contributed by atoms with Gasteiger partial charge in [0.2, 0.25) is 0 Å². The van der Waals surface area contributed by atoms with Crippen LogP contribution >= 0.6 is 0 Å². The second kappa shape index (κ2) is 6.03. The fourth-order valence-electron chi connectivity index (χ4n) is 1.09. The van der Waals surface area contributed by atoms with Gasteiger partial charge < -0.3 is 15.7 Å². The van der Waals surface area contributed by atoms with Crippen LogP contribution in [0.4, 0.5) is 10.5 Å². The molecule has 1 rings (SSSR count). The van der Waals surface area contributed by atoms with E-state index in [1.54, 1.807) is 6.92 Å². The Balaban J connectivity index is 2.25. The SMILES string of the molecule is CC(O)CCNC(=O)Nc1ccccc1. The molecule has 1 atom stereocenters. The van der Waals surface area contributed by atoms with E-state index >= 15 is 0 Å². The van der Waals surface area contributed by atoms with Gasteiger partial charge in [0.25, 0.3) is 0 Å². The Labute approximate surface area is 89.3 Å². The van der Waals surface area contributed by atoms with Gasteiger partial charge in [-0.3, -0.25) is 0 Å². The van der Waals surface area contributed by atoms with E-state index in [9.17, 15) is 4.79 Å². The van der Waals surface area contributed by atoms with Crippen molar-refractivity contribution >= 4 is 11.7 Å². The molecule has 1 aromatic rings. The molecular weight excluding hydrogens is 192 g/mol. The first-order valence-corrected chi connectivity index (χ1v) is 4.96. The van der Waals surface area contributed by atoms with E-state index in [1.807, 2.05) is 30.3 Å². The Bertz CT molecular complexity index is 299. The van der Waals surface area contributed by atoms with Crippen LogP contribution in [0.5, 0.6) is 0 Å². The van der Waals surface area contributed by atoms with E-state index in [0.717, 1.165) is 5.69 Å². The predicted octanol–water partition coefficient (Wildman–Crippen LogP) is 1.58. The molecule has 0 fully saturated rings. The summed E-state index contributed by atoms with van der Waals surface area (Å²) >= 11 is 0. The molecule has 0 heterocycles. The Kier molecular flexibility index (Phi) is 4.63. The topological polar surface area (TPSA) is 61.4 Å². The molecule has 2 amide bonds. The van der Waals surface area contributed by atoms with E-state index in [1.165, 1.54) is 0 Å². The van der Waals surface area contributed by atoms with Crippen LogP contribution in [0, 0.1) is 0 Å². The average Bonchev–Trinajstić information content (AvgIpc) is 2.18. The van der Waals surface area contributed by atoms with Gasteiger partial charge in [-0.2, -0.15) is 0 Å². The number of rotatable bonds is 4. The normalized spacial score (nSPS) is 11.9. The summed E-state index contributed by atoms with van der Waals surface area (Å²) < 4.78 is 0. The number of anilines is 1. The van der Waals surface area contributed by atoms with Crippen molar-refractivity contribution < 1.29 is 9.90 Å². The lowest BCUT2D eigenvalue weighted by Crippen LogP contribution is -2.30. The first kappa shape index (κ1) is 11.5. The second-order valence-electron chi connectivity index (χ2n) is 3.38. The number of urea groups is 1. The number of hydrogen-bond donors (Lipinski definition) is 3. The third-order valence-electron chi connectivity index (χ3n) is 1.88. The highest BCUT2D eigenvalue weighted by atomic mass is 16.3. The molecule has 0 aliphatic carbocycles. The highest BCUT2D eigenvalue weighted by Crippen LogP contribution is 2.03. The molecule has 0 aromatic heterocycles. The number of hydrogen-bond acceptors (Lipinski definition) is 2. The van der Waals surface area contributed by atoms with Crippen LogP contribution in [0.15, 0.2) is 30.3 Å². The molecule has 0 radical (unpaired) electrons. The maximum absolute atomic E-state index is 11.3. The van der Waals surface area contributed by atoms with E-state index in [4.69, 9.17) is 5.11 Å². The van der Waals surface area contributed by atoms with Gasteiger partial charge in [-0.1, -0.05) is 18.2 Å². The maximum Gasteiger partial charge on any atom is 0.319 e. The lowest BCUT2D eigenvalue weighted by atomic mass is 10.3. The minimum Gasteiger partial charge on any atom is -0.393 e. The van der Waals surface area contributed by atoms with Crippen molar-refractivity contribution in [2.45, 2.75) is 19.4 Å². The van der Waals surface area contributed by atoms with Crippen LogP contribution in [0.1, 0.15) is 13.3 Å². The molecule has 0 aliphatic heterocycles. The highest BCUT2D eigenvalue weighted by Gasteiger charge is 2.01. The second-order valence-corrected chi connectivity index (χ2v) is 3.38. The summed E-state index contributed by atoms with van der Waals surface area (Å²) in [5.41, 5.74) is 0.757. The number of amides is 2. The molecule has 0 saturated carbocycles. The molecule has 0 bridgehead atoms. The smallest absolute Gasteiger partial charge is 0.319 e. The van der Waals surface area contributed by atoms with Gasteiger partial charge in [0.1, 0.15) is 0 Å².